The second kappa shape index (κ2) is 13.1. The average molecular weight is 631 g/mol. The van der Waals surface area contributed by atoms with Gasteiger partial charge in [0.15, 0.2) is 17.6 Å². The first-order valence-electron chi connectivity index (χ1n) is 11.2. The molecule has 19 heteroatoms. The molecule has 0 spiro atoms. The van der Waals surface area contributed by atoms with Crippen LogP contribution in [0.5, 0.6) is 23.0 Å². The van der Waals surface area contributed by atoms with E-state index in [4.69, 9.17) is 28.8 Å². The highest BCUT2D eigenvalue weighted by atomic mass is 32.2. The van der Waals surface area contributed by atoms with Gasteiger partial charge in [-0.1, -0.05) is 0 Å². The van der Waals surface area contributed by atoms with E-state index in [0.29, 0.717) is 16.7 Å². The van der Waals surface area contributed by atoms with Gasteiger partial charge in [-0.25, -0.2) is 27.9 Å². The van der Waals surface area contributed by atoms with Gasteiger partial charge in [0, 0.05) is 6.07 Å². The third kappa shape index (κ3) is 7.93. The first-order chi connectivity index (χ1) is 19.4. The number of nitrogens with zero attached hydrogens (tertiary/aromatic N) is 2. The van der Waals surface area contributed by atoms with Crippen molar-refractivity contribution < 1.29 is 63.6 Å². The van der Waals surface area contributed by atoms with Gasteiger partial charge in [0.1, 0.15) is 17.9 Å². The van der Waals surface area contributed by atoms with Crippen LogP contribution in [0.15, 0.2) is 35.5 Å². The smallest absolute Gasteiger partial charge is 0.490 e. The lowest BCUT2D eigenvalue weighted by Gasteiger charge is -2.21. The molecule has 0 saturated carbocycles. The van der Waals surface area contributed by atoms with E-state index < -0.39 is 34.4 Å². The Morgan fingerprint density at radius 3 is 2.02 bits per heavy atom. The number of fused-ring (bicyclic) bond motifs is 1. The Kier molecular flexibility index (Phi) is 10.6. The minimum Gasteiger partial charge on any atom is -0.493 e. The maximum atomic E-state index is 13.2. The maximum absolute atomic E-state index is 13.2. The van der Waals surface area contributed by atoms with Crippen LogP contribution in [-0.2, 0) is 14.8 Å². The van der Waals surface area contributed by atoms with E-state index in [9.17, 15) is 34.8 Å². The Morgan fingerprint density at radius 1 is 0.952 bits per heavy atom. The zero-order chi connectivity index (χ0) is 32.0. The standard InChI is InChI=1S/C21H23F3N4O6S.C2HF3O2/c1-11(21(22,23)24)34-15-7-6-12(35(29,30)25-2)8-13(15)28-20-17-14(26-10-27-20)9-16(31-3)18(32-4)19(17)33-5;3-2(4,5)1(6)7/h6-11,25H,1-5H3,(H,26,27,28);(H,6,7). The van der Waals surface area contributed by atoms with E-state index in [-0.39, 0.29) is 33.6 Å². The zero-order valence-electron chi connectivity index (χ0n) is 22.3. The van der Waals surface area contributed by atoms with Gasteiger partial charge in [-0.3, -0.25) is 0 Å². The van der Waals surface area contributed by atoms with E-state index in [1.54, 1.807) is 6.07 Å². The molecule has 3 rings (SSSR count). The third-order valence-electron chi connectivity index (χ3n) is 5.22. The van der Waals surface area contributed by atoms with Crippen LogP contribution in [0.2, 0.25) is 0 Å². The van der Waals surface area contributed by atoms with Gasteiger partial charge in [-0.05, 0) is 32.2 Å². The van der Waals surface area contributed by atoms with Gasteiger partial charge in [-0.2, -0.15) is 26.3 Å². The van der Waals surface area contributed by atoms with Crippen LogP contribution in [0.25, 0.3) is 10.9 Å². The molecule has 3 N–H and O–H groups in total. The summed E-state index contributed by atoms with van der Waals surface area (Å²) in [5.41, 5.74) is 0.274. The molecule has 42 heavy (non-hydrogen) atoms. The van der Waals surface area contributed by atoms with Crippen LogP contribution in [-0.4, -0.2) is 76.3 Å². The second-order valence-corrected chi connectivity index (χ2v) is 9.74. The molecule has 3 aromatic rings. The highest BCUT2D eigenvalue weighted by molar-refractivity contribution is 7.89. The van der Waals surface area contributed by atoms with Crippen molar-refractivity contribution >= 4 is 38.4 Å². The number of hydrogen-bond acceptors (Lipinski definition) is 10. The average Bonchev–Trinajstić information content (AvgIpc) is 2.91. The van der Waals surface area contributed by atoms with Crippen molar-refractivity contribution in [1.29, 1.82) is 0 Å². The Bertz CT molecular complexity index is 1530. The number of aliphatic carboxylic acids is 1. The fourth-order valence-electron chi connectivity index (χ4n) is 3.16. The van der Waals surface area contributed by atoms with Crippen molar-refractivity contribution in [1.82, 2.24) is 14.7 Å². The number of halogens is 6. The summed E-state index contributed by atoms with van der Waals surface area (Å²) in [6.45, 7) is 0.836. The van der Waals surface area contributed by atoms with Crippen LogP contribution >= 0.6 is 0 Å². The summed E-state index contributed by atoms with van der Waals surface area (Å²) in [4.78, 5) is 17.1. The van der Waals surface area contributed by atoms with E-state index in [2.05, 4.69) is 20.0 Å². The number of carboxylic acids is 1. The number of ether oxygens (including phenoxy) is 4. The molecule has 0 saturated heterocycles. The molecule has 0 aliphatic heterocycles. The molecular formula is C23H24F6N4O8S. The highest BCUT2D eigenvalue weighted by Crippen LogP contribution is 2.46. The lowest BCUT2D eigenvalue weighted by Crippen LogP contribution is -2.31. The molecule has 0 fully saturated rings. The number of carboxylic acid groups (broad SMARTS) is 1. The van der Waals surface area contributed by atoms with E-state index in [1.165, 1.54) is 34.7 Å². The molecule has 12 nitrogen and oxygen atoms in total. The van der Waals surface area contributed by atoms with Crippen molar-refractivity contribution in [2.24, 2.45) is 0 Å². The molecule has 232 valence electrons. The zero-order valence-corrected chi connectivity index (χ0v) is 23.2. The lowest BCUT2D eigenvalue weighted by molar-refractivity contribution is -0.192. The van der Waals surface area contributed by atoms with Crippen LogP contribution in [0.4, 0.5) is 37.8 Å². The summed E-state index contributed by atoms with van der Waals surface area (Å²) in [7, 11) is 1.50. The van der Waals surface area contributed by atoms with Gasteiger partial charge < -0.3 is 29.4 Å². The number of sulfonamides is 1. The Hall–Kier alpha value is -4.26. The van der Waals surface area contributed by atoms with E-state index >= 15 is 0 Å². The Labute approximate surface area is 234 Å². The minimum absolute atomic E-state index is 0.0886. The van der Waals surface area contributed by atoms with Crippen molar-refractivity contribution in [3.63, 3.8) is 0 Å². The van der Waals surface area contributed by atoms with Crippen molar-refractivity contribution in [3.05, 3.63) is 30.6 Å². The van der Waals surface area contributed by atoms with E-state index in [0.717, 1.165) is 25.1 Å². The second-order valence-electron chi connectivity index (χ2n) is 7.86. The SMILES string of the molecule is CNS(=O)(=O)c1ccc(OC(C)C(F)(F)F)c(Nc2ncnc3cc(OC)c(OC)c(OC)c23)c1.O=C(O)C(F)(F)F. The van der Waals surface area contributed by atoms with Crippen molar-refractivity contribution in [3.8, 4) is 23.0 Å². The van der Waals surface area contributed by atoms with Crippen LogP contribution in [0.3, 0.4) is 0 Å². The number of aromatic nitrogens is 2. The van der Waals surface area contributed by atoms with Crippen LogP contribution in [0, 0.1) is 0 Å². The molecule has 1 aromatic heterocycles. The molecule has 0 aliphatic carbocycles. The van der Waals surface area contributed by atoms with Gasteiger partial charge in [0.2, 0.25) is 15.8 Å². The maximum Gasteiger partial charge on any atom is 0.490 e. The first-order valence-corrected chi connectivity index (χ1v) is 12.7. The number of carbonyl (C=O) groups is 1. The largest absolute Gasteiger partial charge is 0.493 e. The number of alkyl halides is 6. The number of hydrogen-bond donors (Lipinski definition) is 3. The van der Waals surface area contributed by atoms with Gasteiger partial charge in [0.25, 0.3) is 0 Å². The predicted octanol–water partition coefficient (Wildman–Crippen LogP) is 4.27. The Balaban J connectivity index is 0.000000782. The summed E-state index contributed by atoms with van der Waals surface area (Å²) < 4.78 is 119. The Morgan fingerprint density at radius 2 is 1.55 bits per heavy atom. The molecule has 0 amide bonds. The number of nitrogens with one attached hydrogen (secondary N) is 2. The molecule has 1 unspecified atom stereocenters. The predicted molar refractivity (Wildman–Crippen MR) is 135 cm³/mol. The van der Waals surface area contributed by atoms with Crippen LogP contribution in [0.1, 0.15) is 6.92 Å². The van der Waals surface area contributed by atoms with Crippen molar-refractivity contribution in [2.75, 3.05) is 33.7 Å². The minimum atomic E-state index is -5.08. The first kappa shape index (κ1) is 33.9. The number of methoxy groups -OCH3 is 3. The summed E-state index contributed by atoms with van der Waals surface area (Å²) in [5.74, 6) is -2.17. The summed E-state index contributed by atoms with van der Waals surface area (Å²) >= 11 is 0. The van der Waals surface area contributed by atoms with Gasteiger partial charge >= 0.3 is 18.3 Å². The molecule has 0 radical (unpaired) electrons. The molecule has 0 bridgehead atoms. The van der Waals surface area contributed by atoms with Gasteiger partial charge in [0.05, 0.1) is 42.8 Å². The third-order valence-corrected chi connectivity index (χ3v) is 6.63. The monoisotopic (exact) mass is 630 g/mol. The molecule has 2 aromatic carbocycles. The lowest BCUT2D eigenvalue weighted by atomic mass is 10.1. The normalized spacial score (nSPS) is 12.5. The summed E-state index contributed by atoms with van der Waals surface area (Å²) in [6.07, 6.45) is -10.7. The number of rotatable bonds is 9. The fraction of sp³-hybridized carbons (Fsp3) is 0.348. The van der Waals surface area contributed by atoms with Crippen molar-refractivity contribution in [2.45, 2.75) is 30.3 Å². The van der Waals surface area contributed by atoms with Crippen LogP contribution < -0.4 is 29.0 Å². The topological polar surface area (TPSA) is 158 Å². The molecule has 1 heterocycles. The molecule has 0 aliphatic rings. The summed E-state index contributed by atoms with van der Waals surface area (Å²) in [6, 6.07) is 4.95. The quantitative estimate of drug-likeness (QED) is 0.290. The molecule has 1 atom stereocenters. The van der Waals surface area contributed by atoms with Gasteiger partial charge in [-0.15, -0.1) is 0 Å². The fourth-order valence-corrected chi connectivity index (χ4v) is 3.92. The number of anilines is 2. The highest BCUT2D eigenvalue weighted by Gasteiger charge is 2.39. The molecular weight excluding hydrogens is 606 g/mol. The number of benzene rings is 2. The van der Waals surface area contributed by atoms with E-state index in [1.807, 2.05) is 0 Å². The summed E-state index contributed by atoms with van der Waals surface area (Å²) in [5, 5.41) is 10.3.